The van der Waals surface area contributed by atoms with Crippen LogP contribution in [0.5, 0.6) is 0 Å². The first-order valence-electron chi connectivity index (χ1n) is 9.55. The molecule has 1 heterocycles. The summed E-state index contributed by atoms with van der Waals surface area (Å²) in [7, 11) is 0. The summed E-state index contributed by atoms with van der Waals surface area (Å²) in [6, 6.07) is 8.24. The van der Waals surface area contributed by atoms with Crippen LogP contribution in [0, 0.1) is 24.1 Å². The fourth-order valence-electron chi connectivity index (χ4n) is 3.04. The second kappa shape index (κ2) is 14.2. The Bertz CT molecular complexity index is 940. The van der Waals surface area contributed by atoms with Crippen molar-refractivity contribution in [2.75, 3.05) is 10.6 Å². The van der Waals surface area contributed by atoms with Crippen LogP contribution in [-0.4, -0.2) is 21.7 Å². The molecule has 1 aliphatic rings. The summed E-state index contributed by atoms with van der Waals surface area (Å²) < 4.78 is 13.8. The molecule has 1 aliphatic carbocycles. The van der Waals surface area contributed by atoms with Crippen LogP contribution in [0.2, 0.25) is 0 Å². The number of rotatable bonds is 6. The van der Waals surface area contributed by atoms with Crippen molar-refractivity contribution in [1.29, 1.82) is 5.26 Å². The van der Waals surface area contributed by atoms with E-state index in [1.165, 1.54) is 31.5 Å². The number of nitriles is 1. The molecule has 164 valence electrons. The molecule has 31 heavy (non-hydrogen) atoms. The molecule has 2 N–H and O–H groups in total. The van der Waals surface area contributed by atoms with Crippen LogP contribution in [-0.2, 0) is 45.2 Å². The van der Waals surface area contributed by atoms with E-state index in [0.29, 0.717) is 11.4 Å². The number of benzene rings is 1. The molecular formula is C23H26FN4OW2-. The third kappa shape index (κ3) is 7.30. The van der Waals surface area contributed by atoms with E-state index in [-0.39, 0.29) is 26.6 Å². The first kappa shape index (κ1) is 29.0. The Kier molecular flexibility index (Phi) is 13.3. The van der Waals surface area contributed by atoms with E-state index < -0.39 is 11.4 Å². The first-order chi connectivity index (χ1) is 14.5. The van der Waals surface area contributed by atoms with Gasteiger partial charge in [0, 0.05) is 38.3 Å². The second-order valence-corrected chi connectivity index (χ2v) is 6.46. The zero-order chi connectivity index (χ0) is 22.7. The number of nitrogens with zero attached hydrogens (tertiary/aromatic N) is 2. The van der Waals surface area contributed by atoms with E-state index >= 15 is 0 Å². The molecule has 0 atom stereocenters. The standard InChI is InChI=1S/C20H18FN4O.C2H6.CH2.2W/c1-13-8-17(11-23-19(13)10-22)24-14(2)20(6-3-7-20)25-16-5-4-15(12-26)18(21)9-16;1-2;;;/h4-5,8-9,11,24-25H,2-3,6-7H2,1H3;1-2H3;1H2;;/q-1;;;;. The van der Waals surface area contributed by atoms with Crippen molar-refractivity contribution in [1.82, 2.24) is 4.98 Å². The topological polar surface area (TPSA) is 77.8 Å². The van der Waals surface area contributed by atoms with Gasteiger partial charge < -0.3 is 15.4 Å². The maximum absolute atomic E-state index is 13.8. The minimum atomic E-state index is -0.607. The van der Waals surface area contributed by atoms with Crippen LogP contribution in [0.25, 0.3) is 0 Å². The molecule has 5 nitrogen and oxygen atoms in total. The quantitative estimate of drug-likeness (QED) is 0.414. The van der Waals surface area contributed by atoms with E-state index in [9.17, 15) is 9.18 Å². The molecule has 0 radical (unpaired) electrons. The van der Waals surface area contributed by atoms with Gasteiger partial charge in [-0.3, -0.25) is 4.39 Å². The molecule has 0 amide bonds. The third-order valence-electron chi connectivity index (χ3n) is 4.73. The van der Waals surface area contributed by atoms with Crippen molar-refractivity contribution >= 4 is 22.6 Å². The average molecular weight is 761 g/mol. The van der Waals surface area contributed by atoms with Gasteiger partial charge in [0.25, 0.3) is 0 Å². The molecular weight excluding hydrogens is 735 g/mol. The van der Waals surface area contributed by atoms with Crippen molar-refractivity contribution < 1.29 is 49.6 Å². The van der Waals surface area contributed by atoms with Crippen LogP contribution < -0.4 is 10.6 Å². The number of halogens is 1. The summed E-state index contributed by atoms with van der Waals surface area (Å²) in [4.78, 5) is 18.1. The molecule has 1 fully saturated rings. The van der Waals surface area contributed by atoms with Gasteiger partial charge in [-0.2, -0.15) is 11.3 Å². The Hall–Kier alpha value is -1.95. The van der Waals surface area contributed by atoms with Crippen LogP contribution in [0.1, 0.15) is 49.9 Å². The number of hydrogen-bond acceptors (Lipinski definition) is 5. The second-order valence-electron chi connectivity index (χ2n) is 6.46. The fourth-order valence-corrected chi connectivity index (χ4v) is 3.04. The van der Waals surface area contributed by atoms with Gasteiger partial charge in [0.05, 0.1) is 23.7 Å². The Morgan fingerprint density at radius 3 is 2.39 bits per heavy atom. The van der Waals surface area contributed by atoms with Gasteiger partial charge in [-0.05, 0) is 37.8 Å². The monoisotopic (exact) mass is 761 g/mol. The van der Waals surface area contributed by atoms with Crippen LogP contribution in [0.15, 0.2) is 42.7 Å². The largest absolute Gasteiger partial charge is 0 e. The Morgan fingerprint density at radius 2 is 1.94 bits per heavy atom. The van der Waals surface area contributed by atoms with E-state index in [0.717, 1.165) is 36.2 Å². The van der Waals surface area contributed by atoms with Crippen molar-refractivity contribution in [3.8, 4) is 6.07 Å². The van der Waals surface area contributed by atoms with Crippen molar-refractivity contribution in [2.24, 2.45) is 0 Å². The van der Waals surface area contributed by atoms with Gasteiger partial charge in [-0.25, -0.2) is 4.98 Å². The SMILES string of the molecule is C=C(Nc1cnc(C#N)c(C)c1)C1(Nc2ccc([C-]=O)c(F)c2)CCC1.CC.[CH2]=[W].[W]. The zero-order valence-corrected chi connectivity index (χ0v) is 23.8. The number of carbonyl (C=O) groups excluding carboxylic acids is 1. The fraction of sp³-hybridized carbons (Fsp3) is 0.304. The zero-order valence-electron chi connectivity index (χ0n) is 17.9. The van der Waals surface area contributed by atoms with Crippen molar-refractivity contribution in [2.45, 2.75) is 45.6 Å². The number of anilines is 2. The number of pyridine rings is 1. The predicted octanol–water partition coefficient (Wildman–Crippen LogP) is 4.81. The Labute approximate surface area is 209 Å². The van der Waals surface area contributed by atoms with Crippen LogP contribution in [0.4, 0.5) is 15.8 Å². The van der Waals surface area contributed by atoms with Crippen LogP contribution in [0.3, 0.4) is 0 Å². The van der Waals surface area contributed by atoms with Gasteiger partial charge >= 0.3 is 24.3 Å². The summed E-state index contributed by atoms with van der Waals surface area (Å²) in [5.74, 6) is -0.607. The summed E-state index contributed by atoms with van der Waals surface area (Å²) in [5, 5.41) is 15.6. The normalized spacial score (nSPS) is 12.6. The van der Waals surface area contributed by atoms with Gasteiger partial charge in [0.15, 0.2) is 0 Å². The van der Waals surface area contributed by atoms with Gasteiger partial charge in [0.1, 0.15) is 11.8 Å². The minimum Gasteiger partial charge on any atom is 0 e. The maximum atomic E-state index is 13.8. The predicted molar refractivity (Wildman–Crippen MR) is 116 cm³/mol. The molecule has 0 saturated heterocycles. The summed E-state index contributed by atoms with van der Waals surface area (Å²) in [6.45, 7) is 9.97. The number of hydrogen-bond donors (Lipinski definition) is 2. The Morgan fingerprint density at radius 1 is 1.29 bits per heavy atom. The molecule has 2 aromatic rings. The molecule has 0 aliphatic heterocycles. The molecule has 8 heteroatoms. The third-order valence-corrected chi connectivity index (χ3v) is 4.73. The minimum absolute atomic E-state index is 0. The molecule has 3 rings (SSSR count). The maximum Gasteiger partial charge on any atom is 0 e. The molecule has 0 unspecified atom stereocenters. The number of nitrogens with one attached hydrogen (secondary N) is 2. The van der Waals surface area contributed by atoms with Gasteiger partial charge in [-0.1, -0.05) is 32.6 Å². The van der Waals surface area contributed by atoms with Crippen molar-refractivity contribution in [3.63, 3.8) is 0 Å². The molecule has 1 aromatic heterocycles. The number of aryl methyl sites for hydroxylation is 1. The van der Waals surface area contributed by atoms with Crippen molar-refractivity contribution in [3.05, 3.63) is 65.4 Å². The first-order valence-corrected chi connectivity index (χ1v) is 11.6. The molecule has 0 spiro atoms. The summed E-state index contributed by atoms with van der Waals surface area (Å²) in [5.41, 5.74) is 2.76. The summed E-state index contributed by atoms with van der Waals surface area (Å²) >= 11 is 1.33. The van der Waals surface area contributed by atoms with E-state index in [1.807, 2.05) is 32.9 Å². The van der Waals surface area contributed by atoms with Gasteiger partial charge in [-0.15, -0.1) is 5.56 Å². The smallest absolute Gasteiger partial charge is 0 e. The van der Waals surface area contributed by atoms with E-state index in [2.05, 4.69) is 27.1 Å². The molecule has 0 bridgehead atoms. The average Bonchev–Trinajstić information content (AvgIpc) is 2.74. The summed E-state index contributed by atoms with van der Waals surface area (Å²) in [6.07, 6.45) is 5.90. The molecule has 1 aromatic carbocycles. The Balaban J connectivity index is 0.00000170. The number of aromatic nitrogens is 1. The van der Waals surface area contributed by atoms with E-state index in [4.69, 9.17) is 5.26 Å². The van der Waals surface area contributed by atoms with Gasteiger partial charge in [0.2, 0.25) is 0 Å². The van der Waals surface area contributed by atoms with E-state index in [1.54, 1.807) is 18.5 Å². The molecule has 1 saturated carbocycles. The van der Waals surface area contributed by atoms with Crippen LogP contribution >= 0.6 is 0 Å².